The van der Waals surface area contributed by atoms with Gasteiger partial charge in [-0.1, -0.05) is 32.1 Å². The highest BCUT2D eigenvalue weighted by Gasteiger charge is 2.27. The normalized spacial score (nSPS) is 15.3. The Labute approximate surface area is 104 Å². The Morgan fingerprint density at radius 1 is 1.11 bits per heavy atom. The molecule has 2 unspecified atom stereocenters. The molecule has 0 saturated carbocycles. The quantitative estimate of drug-likeness (QED) is 0.468. The van der Waals surface area contributed by atoms with E-state index in [9.17, 15) is 14.4 Å². The van der Waals surface area contributed by atoms with Gasteiger partial charge in [0.1, 0.15) is 0 Å². The zero-order chi connectivity index (χ0) is 14.3. The third-order valence-corrected chi connectivity index (χ3v) is 2.48. The van der Waals surface area contributed by atoms with E-state index in [0.717, 1.165) is 0 Å². The Bertz CT molecular complexity index is 393. The van der Waals surface area contributed by atoms with Crippen LogP contribution in [-0.4, -0.2) is 33.2 Å². The third-order valence-electron chi connectivity index (χ3n) is 2.48. The summed E-state index contributed by atoms with van der Waals surface area (Å²) in [5, 5.41) is 26.3. The largest absolute Gasteiger partial charge is 0.481 e. The van der Waals surface area contributed by atoms with Gasteiger partial charge in [-0.05, 0) is 6.42 Å². The summed E-state index contributed by atoms with van der Waals surface area (Å²) >= 11 is 0. The third kappa shape index (κ3) is 4.82. The van der Waals surface area contributed by atoms with Crippen LogP contribution >= 0.6 is 0 Å². The summed E-state index contributed by atoms with van der Waals surface area (Å²) in [4.78, 5) is 32.2. The molecule has 0 rings (SSSR count). The molecule has 0 aliphatic heterocycles. The van der Waals surface area contributed by atoms with Crippen LogP contribution in [0.2, 0.25) is 0 Å². The molecule has 100 valence electrons. The molecule has 0 saturated heterocycles. The van der Waals surface area contributed by atoms with Crippen molar-refractivity contribution in [2.45, 2.75) is 20.3 Å². The van der Waals surface area contributed by atoms with Crippen molar-refractivity contribution in [1.29, 1.82) is 0 Å². The first kappa shape index (κ1) is 15.9. The number of carbonyl (C=O) groups is 3. The van der Waals surface area contributed by atoms with Gasteiger partial charge < -0.3 is 15.3 Å². The standard InChI is InChI=1S/C12H16O6/c1-3-8(11(15)16)5-4-6-9(12(17)18)7(2)10(13)14/h4-7,9H,3H2,1-2H3,(H,13,14)(H,15,16)(H,17,18)/b6-4+,8-5?. The van der Waals surface area contributed by atoms with E-state index < -0.39 is 29.7 Å². The summed E-state index contributed by atoms with van der Waals surface area (Å²) in [6.07, 6.45) is 4.02. The van der Waals surface area contributed by atoms with Crippen molar-refractivity contribution in [3.8, 4) is 0 Å². The van der Waals surface area contributed by atoms with Crippen LogP contribution in [0, 0.1) is 11.8 Å². The van der Waals surface area contributed by atoms with Crippen molar-refractivity contribution in [3.05, 3.63) is 23.8 Å². The maximum absolute atomic E-state index is 10.9. The topological polar surface area (TPSA) is 112 Å². The van der Waals surface area contributed by atoms with Gasteiger partial charge in [-0.25, -0.2) is 4.79 Å². The molecule has 0 fully saturated rings. The molecule has 6 nitrogen and oxygen atoms in total. The lowest BCUT2D eigenvalue weighted by molar-refractivity contribution is -0.151. The van der Waals surface area contributed by atoms with Gasteiger partial charge in [0.05, 0.1) is 11.8 Å². The first-order chi connectivity index (χ1) is 8.31. The molecule has 0 amide bonds. The zero-order valence-corrected chi connectivity index (χ0v) is 10.2. The molecule has 0 aromatic rings. The number of rotatable bonds is 7. The monoisotopic (exact) mass is 256 g/mol. The van der Waals surface area contributed by atoms with E-state index in [-0.39, 0.29) is 5.57 Å². The van der Waals surface area contributed by atoms with Crippen LogP contribution in [0.25, 0.3) is 0 Å². The first-order valence-corrected chi connectivity index (χ1v) is 5.37. The van der Waals surface area contributed by atoms with E-state index in [1.165, 1.54) is 25.2 Å². The van der Waals surface area contributed by atoms with Crippen LogP contribution < -0.4 is 0 Å². The van der Waals surface area contributed by atoms with E-state index >= 15 is 0 Å². The molecule has 6 heteroatoms. The highest BCUT2D eigenvalue weighted by molar-refractivity contribution is 5.87. The minimum absolute atomic E-state index is 0.123. The van der Waals surface area contributed by atoms with Crippen molar-refractivity contribution in [1.82, 2.24) is 0 Å². The fourth-order valence-electron chi connectivity index (χ4n) is 1.25. The predicted octanol–water partition coefficient (Wildman–Crippen LogP) is 1.39. The Morgan fingerprint density at radius 3 is 2.00 bits per heavy atom. The number of hydrogen-bond acceptors (Lipinski definition) is 3. The lowest BCUT2D eigenvalue weighted by Gasteiger charge is -2.11. The number of aliphatic carboxylic acids is 3. The molecule has 18 heavy (non-hydrogen) atoms. The predicted molar refractivity (Wildman–Crippen MR) is 63.1 cm³/mol. The Kier molecular flexibility index (Phi) is 6.41. The SMILES string of the molecule is CCC(=C/C=C/C(C(=O)O)C(C)C(=O)O)C(=O)O. The fraction of sp³-hybridized carbons (Fsp3) is 0.417. The number of carboxylic acid groups (broad SMARTS) is 3. The average Bonchev–Trinajstić information content (AvgIpc) is 2.27. The van der Waals surface area contributed by atoms with Crippen molar-refractivity contribution >= 4 is 17.9 Å². The number of hydrogen-bond donors (Lipinski definition) is 3. The second-order valence-corrected chi connectivity index (χ2v) is 3.73. The van der Waals surface area contributed by atoms with Crippen molar-refractivity contribution in [3.63, 3.8) is 0 Å². The first-order valence-electron chi connectivity index (χ1n) is 5.37. The minimum atomic E-state index is -1.26. The van der Waals surface area contributed by atoms with E-state index in [1.54, 1.807) is 6.92 Å². The summed E-state index contributed by atoms with van der Waals surface area (Å²) in [6.45, 7) is 2.94. The smallest absolute Gasteiger partial charge is 0.331 e. The Morgan fingerprint density at radius 2 is 1.67 bits per heavy atom. The van der Waals surface area contributed by atoms with Crippen LogP contribution in [0.5, 0.6) is 0 Å². The molecule has 0 bridgehead atoms. The highest BCUT2D eigenvalue weighted by Crippen LogP contribution is 2.14. The second-order valence-electron chi connectivity index (χ2n) is 3.73. The highest BCUT2D eigenvalue weighted by atomic mass is 16.4. The molecule has 0 aliphatic carbocycles. The van der Waals surface area contributed by atoms with Crippen molar-refractivity contribution in [2.75, 3.05) is 0 Å². The molecule has 0 radical (unpaired) electrons. The van der Waals surface area contributed by atoms with Crippen LogP contribution in [0.15, 0.2) is 23.8 Å². The lowest BCUT2D eigenvalue weighted by Crippen LogP contribution is -2.25. The van der Waals surface area contributed by atoms with Gasteiger partial charge in [0.25, 0.3) is 0 Å². The minimum Gasteiger partial charge on any atom is -0.481 e. The molecule has 2 atom stereocenters. The summed E-state index contributed by atoms with van der Waals surface area (Å²) < 4.78 is 0. The van der Waals surface area contributed by atoms with E-state index in [0.29, 0.717) is 6.42 Å². The summed E-state index contributed by atoms with van der Waals surface area (Å²) in [5.74, 6) is -5.83. The van der Waals surface area contributed by atoms with E-state index in [2.05, 4.69) is 0 Å². The van der Waals surface area contributed by atoms with Gasteiger partial charge in [0.2, 0.25) is 0 Å². The molecular weight excluding hydrogens is 240 g/mol. The van der Waals surface area contributed by atoms with Crippen molar-refractivity contribution in [2.24, 2.45) is 11.8 Å². The average molecular weight is 256 g/mol. The van der Waals surface area contributed by atoms with Gasteiger partial charge in [-0.2, -0.15) is 0 Å². The maximum Gasteiger partial charge on any atom is 0.331 e. The molecule has 0 aromatic heterocycles. The molecular formula is C12H16O6. The molecule has 0 heterocycles. The Hall–Kier alpha value is -2.11. The van der Waals surface area contributed by atoms with E-state index in [1.807, 2.05) is 0 Å². The summed E-state index contributed by atoms with van der Waals surface area (Å²) in [7, 11) is 0. The summed E-state index contributed by atoms with van der Waals surface area (Å²) in [6, 6.07) is 0. The zero-order valence-electron chi connectivity index (χ0n) is 10.2. The fourth-order valence-corrected chi connectivity index (χ4v) is 1.25. The van der Waals surface area contributed by atoms with Crippen LogP contribution in [0.1, 0.15) is 20.3 Å². The van der Waals surface area contributed by atoms with Gasteiger partial charge in [0, 0.05) is 5.57 Å². The van der Waals surface area contributed by atoms with Gasteiger partial charge in [-0.15, -0.1) is 0 Å². The van der Waals surface area contributed by atoms with Crippen molar-refractivity contribution < 1.29 is 29.7 Å². The molecule has 0 aliphatic rings. The second kappa shape index (κ2) is 7.26. The Balaban J connectivity index is 4.95. The molecule has 3 N–H and O–H groups in total. The molecule has 0 aromatic carbocycles. The van der Waals surface area contributed by atoms with Crippen LogP contribution in [0.3, 0.4) is 0 Å². The number of carboxylic acids is 3. The van der Waals surface area contributed by atoms with Gasteiger partial charge >= 0.3 is 17.9 Å². The van der Waals surface area contributed by atoms with E-state index in [4.69, 9.17) is 15.3 Å². The molecule has 0 spiro atoms. The van der Waals surface area contributed by atoms with Gasteiger partial charge in [0.15, 0.2) is 0 Å². The van der Waals surface area contributed by atoms with Crippen LogP contribution in [0.4, 0.5) is 0 Å². The van der Waals surface area contributed by atoms with Crippen LogP contribution in [-0.2, 0) is 14.4 Å². The summed E-state index contributed by atoms with van der Waals surface area (Å²) in [5.41, 5.74) is 0.123. The number of allylic oxidation sites excluding steroid dienone is 2. The van der Waals surface area contributed by atoms with Gasteiger partial charge in [-0.3, -0.25) is 9.59 Å². The maximum atomic E-state index is 10.9. The lowest BCUT2D eigenvalue weighted by atomic mass is 9.93.